The third-order valence-corrected chi connectivity index (χ3v) is 2.24. The van der Waals surface area contributed by atoms with Crippen molar-refractivity contribution < 1.29 is 4.42 Å². The number of benzene rings is 1. The van der Waals surface area contributed by atoms with Gasteiger partial charge in [0.05, 0.1) is 11.7 Å². The molecule has 3 aromatic rings. The lowest BCUT2D eigenvalue weighted by Crippen LogP contribution is -2.02. The molecule has 0 spiro atoms. The summed E-state index contributed by atoms with van der Waals surface area (Å²) in [4.78, 5) is 19.1. The maximum absolute atomic E-state index is 11.1. The predicted molar refractivity (Wildman–Crippen MR) is 55.6 cm³/mol. The van der Waals surface area contributed by atoms with Gasteiger partial charge in [0.15, 0.2) is 5.58 Å². The smallest absolute Gasteiger partial charge is 0.270 e. The molecular formula is C11H6N2O2. The largest absolute Gasteiger partial charge is 0.460 e. The lowest BCUT2D eigenvalue weighted by Gasteiger charge is -1.99. The van der Waals surface area contributed by atoms with Crippen LogP contribution >= 0.6 is 0 Å². The fraction of sp³-hybridized carbons (Fsp3) is 0. The molecule has 4 heteroatoms. The molecule has 2 heterocycles. The summed E-state index contributed by atoms with van der Waals surface area (Å²) in [5.41, 5.74) is 1.80. The molecule has 2 aromatic heterocycles. The van der Waals surface area contributed by atoms with Crippen LogP contribution in [0.1, 0.15) is 0 Å². The highest BCUT2D eigenvalue weighted by Gasteiger charge is 2.03. The van der Waals surface area contributed by atoms with Gasteiger partial charge in [-0.15, -0.1) is 0 Å². The Morgan fingerprint density at radius 2 is 1.93 bits per heavy atom. The van der Waals surface area contributed by atoms with E-state index in [1.165, 1.54) is 12.3 Å². The van der Waals surface area contributed by atoms with E-state index in [2.05, 4.69) is 9.97 Å². The topological polar surface area (TPSA) is 56.0 Å². The summed E-state index contributed by atoms with van der Waals surface area (Å²) in [6.07, 6.45) is 3.09. The zero-order valence-corrected chi connectivity index (χ0v) is 7.68. The summed E-state index contributed by atoms with van der Waals surface area (Å²) in [7, 11) is 0. The van der Waals surface area contributed by atoms with Crippen LogP contribution in [0.15, 0.2) is 45.9 Å². The Bertz CT molecular complexity index is 703. The van der Waals surface area contributed by atoms with Crippen molar-refractivity contribution >= 4 is 22.0 Å². The highest BCUT2D eigenvalue weighted by atomic mass is 16.3. The van der Waals surface area contributed by atoms with Gasteiger partial charge < -0.3 is 4.42 Å². The Morgan fingerprint density at radius 3 is 2.87 bits per heavy atom. The molecule has 3 rings (SSSR count). The van der Waals surface area contributed by atoms with Crippen LogP contribution < -0.4 is 5.56 Å². The average molecular weight is 198 g/mol. The van der Waals surface area contributed by atoms with Crippen molar-refractivity contribution in [2.45, 2.75) is 0 Å². The first kappa shape index (κ1) is 8.11. The zero-order chi connectivity index (χ0) is 10.3. The highest BCUT2D eigenvalue weighted by Crippen LogP contribution is 2.20. The average Bonchev–Trinajstić information content (AvgIpc) is 2.28. The van der Waals surface area contributed by atoms with Gasteiger partial charge in [-0.3, -0.25) is 4.79 Å². The number of aromatic nitrogens is 2. The Kier molecular flexibility index (Phi) is 1.56. The molecule has 0 N–H and O–H groups in total. The summed E-state index contributed by atoms with van der Waals surface area (Å²) in [6.45, 7) is 0. The molecule has 15 heavy (non-hydrogen) atoms. The van der Waals surface area contributed by atoms with E-state index in [0.717, 1.165) is 10.9 Å². The second-order valence-corrected chi connectivity index (χ2v) is 3.16. The molecule has 0 aliphatic carbocycles. The number of pyridine rings is 1. The van der Waals surface area contributed by atoms with Crippen LogP contribution in [0.5, 0.6) is 0 Å². The van der Waals surface area contributed by atoms with Crippen LogP contribution in [0.25, 0.3) is 22.0 Å². The van der Waals surface area contributed by atoms with E-state index >= 15 is 0 Å². The van der Waals surface area contributed by atoms with Crippen LogP contribution in [0.4, 0.5) is 0 Å². The SMILES string of the molecule is O=c1ccc2c(ccc3nccoc32)n1. The first-order chi connectivity index (χ1) is 7.34. The fourth-order valence-electron chi connectivity index (χ4n) is 1.58. The van der Waals surface area contributed by atoms with Crippen molar-refractivity contribution in [3.63, 3.8) is 0 Å². The van der Waals surface area contributed by atoms with Crippen molar-refractivity contribution in [1.29, 1.82) is 0 Å². The third kappa shape index (κ3) is 1.19. The molecule has 0 saturated heterocycles. The minimum Gasteiger partial charge on any atom is -0.460 e. The number of nitrogens with zero attached hydrogens (tertiary/aromatic N) is 2. The summed E-state index contributed by atoms with van der Waals surface area (Å²) in [5, 5.41) is 0.806. The molecule has 0 radical (unpaired) electrons. The maximum atomic E-state index is 11.1. The van der Waals surface area contributed by atoms with Gasteiger partial charge in [-0.25, -0.2) is 9.97 Å². The van der Waals surface area contributed by atoms with Gasteiger partial charge in [0.2, 0.25) is 0 Å². The Balaban J connectivity index is 2.60. The molecule has 0 bridgehead atoms. The van der Waals surface area contributed by atoms with E-state index in [9.17, 15) is 4.79 Å². The number of hydrogen-bond acceptors (Lipinski definition) is 4. The van der Waals surface area contributed by atoms with Gasteiger partial charge in [0.25, 0.3) is 5.56 Å². The molecule has 4 nitrogen and oxygen atoms in total. The molecule has 0 aliphatic rings. The molecule has 0 aliphatic heterocycles. The van der Waals surface area contributed by atoms with Gasteiger partial charge in [-0.2, -0.15) is 0 Å². The van der Waals surface area contributed by atoms with Crippen LogP contribution in [0, 0.1) is 0 Å². The van der Waals surface area contributed by atoms with E-state index in [4.69, 9.17) is 4.42 Å². The normalized spacial score (nSPS) is 10.9. The second kappa shape index (κ2) is 2.88. The van der Waals surface area contributed by atoms with Crippen molar-refractivity contribution in [3.8, 4) is 0 Å². The van der Waals surface area contributed by atoms with Gasteiger partial charge in [-0.1, -0.05) is 0 Å². The van der Waals surface area contributed by atoms with E-state index in [0.29, 0.717) is 11.1 Å². The minimum atomic E-state index is -0.245. The Hall–Kier alpha value is -2.23. The van der Waals surface area contributed by atoms with E-state index < -0.39 is 0 Å². The Labute approximate surface area is 84.2 Å². The van der Waals surface area contributed by atoms with Crippen molar-refractivity contribution in [2.24, 2.45) is 0 Å². The quantitative estimate of drug-likeness (QED) is 0.516. The van der Waals surface area contributed by atoms with Gasteiger partial charge in [0.1, 0.15) is 11.8 Å². The lowest BCUT2D eigenvalue weighted by molar-refractivity contribution is 0.601. The summed E-state index contributed by atoms with van der Waals surface area (Å²) in [5.74, 6) is 0. The predicted octanol–water partition coefficient (Wildman–Crippen LogP) is 1.74. The number of fused-ring (bicyclic) bond motifs is 3. The molecular weight excluding hydrogens is 192 g/mol. The molecule has 1 aromatic carbocycles. The van der Waals surface area contributed by atoms with Crippen LogP contribution in [-0.2, 0) is 0 Å². The van der Waals surface area contributed by atoms with Crippen molar-refractivity contribution in [1.82, 2.24) is 9.97 Å². The molecule has 72 valence electrons. The first-order valence-electron chi connectivity index (χ1n) is 4.48. The zero-order valence-electron chi connectivity index (χ0n) is 7.68. The lowest BCUT2D eigenvalue weighted by atomic mass is 10.2. The molecule has 0 fully saturated rings. The first-order valence-corrected chi connectivity index (χ1v) is 4.48. The number of hydrogen-bond donors (Lipinski definition) is 0. The molecule has 0 atom stereocenters. The third-order valence-electron chi connectivity index (χ3n) is 2.24. The highest BCUT2D eigenvalue weighted by molar-refractivity contribution is 6.00. The second-order valence-electron chi connectivity index (χ2n) is 3.16. The standard InChI is InChI=1S/C11H6N2O2/c14-10-4-1-7-8(13-10)2-3-9-11(7)15-6-5-12-9/h1-6H. The maximum Gasteiger partial charge on any atom is 0.270 e. The molecule has 0 saturated carbocycles. The molecule has 0 unspecified atom stereocenters. The van der Waals surface area contributed by atoms with Crippen LogP contribution in [0.3, 0.4) is 0 Å². The summed E-state index contributed by atoms with van der Waals surface area (Å²) >= 11 is 0. The van der Waals surface area contributed by atoms with Crippen molar-refractivity contribution in [2.75, 3.05) is 0 Å². The summed E-state index contributed by atoms with van der Waals surface area (Å²) < 4.78 is 5.36. The van der Waals surface area contributed by atoms with E-state index in [1.54, 1.807) is 24.4 Å². The molecule has 0 amide bonds. The van der Waals surface area contributed by atoms with Crippen molar-refractivity contribution in [3.05, 3.63) is 47.1 Å². The van der Waals surface area contributed by atoms with Crippen LogP contribution in [-0.4, -0.2) is 9.97 Å². The summed E-state index contributed by atoms with van der Waals surface area (Å²) in [6, 6.07) is 6.68. The Morgan fingerprint density at radius 1 is 1.07 bits per heavy atom. The van der Waals surface area contributed by atoms with Gasteiger partial charge in [-0.05, 0) is 18.2 Å². The number of rotatable bonds is 0. The van der Waals surface area contributed by atoms with E-state index in [-0.39, 0.29) is 5.56 Å². The van der Waals surface area contributed by atoms with Crippen LogP contribution in [0.2, 0.25) is 0 Å². The van der Waals surface area contributed by atoms with E-state index in [1.807, 2.05) is 0 Å². The van der Waals surface area contributed by atoms with Gasteiger partial charge >= 0.3 is 0 Å². The van der Waals surface area contributed by atoms with Gasteiger partial charge in [0, 0.05) is 11.5 Å². The fourth-order valence-corrected chi connectivity index (χ4v) is 1.58. The monoisotopic (exact) mass is 198 g/mol. The minimum absolute atomic E-state index is 0.245.